The largest absolute Gasteiger partial charge is 0.497 e. The van der Waals surface area contributed by atoms with Crippen molar-refractivity contribution in [1.29, 1.82) is 0 Å². The molecule has 0 fully saturated rings. The fraction of sp³-hybridized carbons (Fsp3) is 0.250. The summed E-state index contributed by atoms with van der Waals surface area (Å²) in [5.41, 5.74) is 4.43. The Hall–Kier alpha value is -4.78. The van der Waals surface area contributed by atoms with Gasteiger partial charge in [-0.15, -0.1) is 0 Å². The predicted octanol–water partition coefficient (Wildman–Crippen LogP) is 3.76. The maximum absolute atomic E-state index is 9.55. The number of methoxy groups -OCH3 is 3. The van der Waals surface area contributed by atoms with Gasteiger partial charge in [-0.3, -0.25) is 0 Å². The minimum Gasteiger partial charge on any atom is -0.497 e. The molecule has 3 aromatic rings. The molecule has 9 heteroatoms. The third-order valence-corrected chi connectivity index (χ3v) is 5.68. The van der Waals surface area contributed by atoms with E-state index < -0.39 is 11.9 Å². The zero-order valence-corrected chi connectivity index (χ0v) is 23.6. The van der Waals surface area contributed by atoms with E-state index in [0.29, 0.717) is 18.2 Å². The summed E-state index contributed by atoms with van der Waals surface area (Å²) >= 11 is 0. The number of aliphatic carboxylic acids is 2. The minimum absolute atomic E-state index is 0. The van der Waals surface area contributed by atoms with Gasteiger partial charge in [0.2, 0.25) is 0 Å². The van der Waals surface area contributed by atoms with Crippen molar-refractivity contribution in [3.05, 3.63) is 101 Å². The Kier molecular flexibility index (Phi) is 15.5. The van der Waals surface area contributed by atoms with Gasteiger partial charge in [-0.1, -0.05) is 36.1 Å². The second kappa shape index (κ2) is 18.5. The van der Waals surface area contributed by atoms with Crippen LogP contribution in [0.2, 0.25) is 0 Å². The zero-order chi connectivity index (χ0) is 29.3. The van der Waals surface area contributed by atoms with Crippen LogP contribution >= 0.6 is 0 Å². The molecule has 3 rings (SSSR count). The number of hydrogen-bond acceptors (Lipinski definition) is 6. The highest BCUT2D eigenvalue weighted by Gasteiger charge is 2.09. The van der Waals surface area contributed by atoms with E-state index in [-0.39, 0.29) is 5.48 Å². The predicted molar refractivity (Wildman–Crippen MR) is 158 cm³/mol. The van der Waals surface area contributed by atoms with Crippen LogP contribution < -0.4 is 19.5 Å². The van der Waals surface area contributed by atoms with Gasteiger partial charge < -0.3 is 35.2 Å². The fourth-order valence-corrected chi connectivity index (χ4v) is 3.69. The lowest BCUT2D eigenvalue weighted by molar-refractivity contribution is -0.134. The number of carboxylic acids is 2. The summed E-state index contributed by atoms with van der Waals surface area (Å²) in [4.78, 5) is 19.1. The summed E-state index contributed by atoms with van der Waals surface area (Å²) < 4.78 is 16.2. The first-order chi connectivity index (χ1) is 19.2. The lowest BCUT2D eigenvalue weighted by Gasteiger charge is -2.16. The maximum Gasteiger partial charge on any atom is 0.328 e. The molecule has 0 aliphatic heterocycles. The van der Waals surface area contributed by atoms with Gasteiger partial charge in [0.1, 0.15) is 5.75 Å². The number of rotatable bonds is 11. The van der Waals surface area contributed by atoms with Gasteiger partial charge in [0.25, 0.3) is 0 Å². The van der Waals surface area contributed by atoms with E-state index >= 15 is 0 Å². The van der Waals surface area contributed by atoms with Crippen LogP contribution in [0.25, 0.3) is 0 Å². The average Bonchev–Trinajstić information content (AvgIpc) is 2.96. The number of nitrogens with one attached hydrogen (secondary N) is 1. The van der Waals surface area contributed by atoms with Crippen LogP contribution in [-0.2, 0) is 22.4 Å². The Morgan fingerprint density at radius 3 is 2.10 bits per heavy atom. The molecule has 0 bridgehead atoms. The molecule has 0 radical (unpaired) electrons. The monoisotopic (exact) mass is 563 g/mol. The quantitative estimate of drug-likeness (QED) is 0.236. The summed E-state index contributed by atoms with van der Waals surface area (Å²) in [6.45, 7) is 3.06. The molecule has 0 spiro atoms. The second-order valence-electron chi connectivity index (χ2n) is 8.65. The molecular weight excluding hydrogens is 526 g/mol. The molecule has 41 heavy (non-hydrogen) atoms. The van der Waals surface area contributed by atoms with Crippen LogP contribution in [-0.4, -0.2) is 61.5 Å². The lowest BCUT2D eigenvalue weighted by atomic mass is 10.00. The van der Waals surface area contributed by atoms with E-state index in [0.717, 1.165) is 47.8 Å². The molecule has 0 aromatic heterocycles. The van der Waals surface area contributed by atoms with Crippen LogP contribution in [0.4, 0.5) is 0 Å². The fourth-order valence-electron chi connectivity index (χ4n) is 3.69. The molecule has 3 aromatic carbocycles. The molecule has 0 saturated heterocycles. The summed E-state index contributed by atoms with van der Waals surface area (Å²) in [5, 5.41) is 19.2. The molecule has 0 heterocycles. The number of carboxylic acid groups (broad SMARTS) is 2. The van der Waals surface area contributed by atoms with Crippen molar-refractivity contribution in [2.24, 2.45) is 0 Å². The van der Waals surface area contributed by atoms with Crippen molar-refractivity contribution in [2.45, 2.75) is 25.8 Å². The summed E-state index contributed by atoms with van der Waals surface area (Å²) in [7, 11) is 5.01. The summed E-state index contributed by atoms with van der Waals surface area (Å²) in [6, 6.07) is 22.5. The minimum atomic E-state index is -1.26. The molecule has 5 N–H and O–H groups in total. The Bertz CT molecular complexity index is 1330. The first-order valence-corrected chi connectivity index (χ1v) is 12.6. The van der Waals surface area contributed by atoms with Crippen molar-refractivity contribution in [2.75, 3.05) is 27.9 Å². The molecule has 1 atom stereocenters. The van der Waals surface area contributed by atoms with Crippen LogP contribution in [0, 0.1) is 11.8 Å². The van der Waals surface area contributed by atoms with Gasteiger partial charge >= 0.3 is 11.9 Å². The molecule has 0 saturated carbocycles. The Labute approximate surface area is 240 Å². The van der Waals surface area contributed by atoms with E-state index in [4.69, 9.17) is 24.4 Å². The molecular formula is C32H37NO8. The van der Waals surface area contributed by atoms with E-state index in [1.165, 1.54) is 11.1 Å². The average molecular weight is 564 g/mol. The molecule has 0 amide bonds. The third kappa shape index (κ3) is 12.7. The van der Waals surface area contributed by atoms with Crippen molar-refractivity contribution in [3.63, 3.8) is 0 Å². The van der Waals surface area contributed by atoms with Crippen LogP contribution in [0.3, 0.4) is 0 Å². The van der Waals surface area contributed by atoms with Gasteiger partial charge in [-0.2, -0.15) is 0 Å². The van der Waals surface area contributed by atoms with Gasteiger partial charge in [0.05, 0.1) is 21.3 Å². The zero-order valence-electron chi connectivity index (χ0n) is 23.6. The summed E-state index contributed by atoms with van der Waals surface area (Å²) in [5.74, 6) is 6.44. The van der Waals surface area contributed by atoms with Crippen molar-refractivity contribution in [1.82, 2.24) is 5.32 Å². The maximum atomic E-state index is 9.55. The van der Waals surface area contributed by atoms with Crippen molar-refractivity contribution >= 4 is 11.9 Å². The highest BCUT2D eigenvalue weighted by Crippen LogP contribution is 2.27. The highest BCUT2D eigenvalue weighted by atomic mass is 16.5. The molecule has 1 unspecified atom stereocenters. The van der Waals surface area contributed by atoms with Crippen molar-refractivity contribution < 1.29 is 39.5 Å². The Morgan fingerprint density at radius 1 is 0.854 bits per heavy atom. The Balaban J connectivity index is 0.000000818. The first kappa shape index (κ1) is 34.2. The van der Waals surface area contributed by atoms with E-state index in [2.05, 4.69) is 36.2 Å². The van der Waals surface area contributed by atoms with Crippen LogP contribution in [0.5, 0.6) is 17.2 Å². The van der Waals surface area contributed by atoms with Gasteiger partial charge in [-0.25, -0.2) is 9.59 Å². The van der Waals surface area contributed by atoms with Crippen LogP contribution in [0.1, 0.15) is 29.2 Å². The van der Waals surface area contributed by atoms with Crippen LogP contribution in [0.15, 0.2) is 78.9 Å². The molecule has 0 aliphatic carbocycles. The third-order valence-electron chi connectivity index (χ3n) is 5.68. The number of benzene rings is 3. The normalized spacial score (nSPS) is 10.6. The molecule has 9 nitrogen and oxygen atoms in total. The highest BCUT2D eigenvalue weighted by molar-refractivity contribution is 5.89. The topological polar surface area (TPSA) is 146 Å². The number of ether oxygens (including phenoxy) is 3. The lowest BCUT2D eigenvalue weighted by Crippen LogP contribution is -2.30. The van der Waals surface area contributed by atoms with E-state index in [1.54, 1.807) is 21.3 Å². The van der Waals surface area contributed by atoms with Gasteiger partial charge in [-0.05, 0) is 79.9 Å². The van der Waals surface area contributed by atoms with E-state index in [9.17, 15) is 9.59 Å². The smallest absolute Gasteiger partial charge is 0.328 e. The van der Waals surface area contributed by atoms with Crippen molar-refractivity contribution in [3.8, 4) is 29.1 Å². The number of hydrogen-bond donors (Lipinski definition) is 3. The standard InChI is InChI=1S/C28H31NO3.C4H4O4.H2O/c1-21(29-17-16-23-11-15-27(31-3)28(19-23)32-4)18-25-20-26(30-2)14-13-24(25)12-10-22-8-6-5-7-9-22;5-3(6)1-2-4(7)8;/h5-9,11,13-15,19-21,29H,16-18H2,1-4H3;1-2H,(H,5,6)(H,7,8);1H2. The molecule has 218 valence electrons. The van der Waals surface area contributed by atoms with Gasteiger partial charge in [0.15, 0.2) is 11.5 Å². The first-order valence-electron chi connectivity index (χ1n) is 12.6. The van der Waals surface area contributed by atoms with E-state index in [1.807, 2.05) is 54.6 Å². The Morgan fingerprint density at radius 2 is 1.51 bits per heavy atom. The van der Waals surface area contributed by atoms with Gasteiger partial charge in [0, 0.05) is 29.3 Å². The number of carbonyl (C=O) groups is 2. The molecule has 0 aliphatic rings. The summed E-state index contributed by atoms with van der Waals surface area (Å²) in [6.07, 6.45) is 2.88. The second-order valence-corrected chi connectivity index (χ2v) is 8.65. The SMILES string of the molecule is COc1ccc(C#Cc2ccccc2)c(CC(C)NCCc2ccc(OC)c(OC)c2)c1.O.O=C(O)C=CC(=O)O.